The van der Waals surface area contributed by atoms with E-state index in [1.165, 1.54) is 0 Å². The second-order valence-electron chi connectivity index (χ2n) is 6.57. The molecule has 0 spiro atoms. The molecule has 1 N–H and O–H groups in total. The molecule has 1 heterocycles. The maximum atomic E-state index is 12.0. The third-order valence-corrected chi connectivity index (χ3v) is 3.55. The first kappa shape index (κ1) is 15.3. The quantitative estimate of drug-likeness (QED) is 0.827. The molecule has 4 heteroatoms. The number of amides is 1. The van der Waals surface area contributed by atoms with E-state index in [-0.39, 0.29) is 12.7 Å². The second-order valence-corrected chi connectivity index (χ2v) is 6.57. The van der Waals surface area contributed by atoms with Crippen molar-refractivity contribution in [2.24, 2.45) is 17.8 Å². The van der Waals surface area contributed by atoms with Gasteiger partial charge in [0.1, 0.15) is 5.60 Å². The maximum absolute atomic E-state index is 12.0. The van der Waals surface area contributed by atoms with E-state index in [0.717, 1.165) is 6.42 Å². The number of carbonyl (C=O) groups is 1. The van der Waals surface area contributed by atoms with E-state index in [9.17, 15) is 9.90 Å². The van der Waals surface area contributed by atoms with Gasteiger partial charge in [0.15, 0.2) is 0 Å². The molecule has 0 radical (unpaired) electrons. The van der Waals surface area contributed by atoms with Crippen LogP contribution in [0.2, 0.25) is 0 Å². The van der Waals surface area contributed by atoms with Crippen molar-refractivity contribution >= 4 is 6.09 Å². The molecule has 0 aromatic carbocycles. The van der Waals surface area contributed by atoms with Crippen molar-refractivity contribution < 1.29 is 14.6 Å². The summed E-state index contributed by atoms with van der Waals surface area (Å²) in [6, 6.07) is 0. The molecule has 106 valence electrons. The average molecular weight is 257 g/mol. The monoisotopic (exact) mass is 257 g/mol. The van der Waals surface area contributed by atoms with Crippen molar-refractivity contribution in [3.05, 3.63) is 0 Å². The van der Waals surface area contributed by atoms with Crippen molar-refractivity contribution in [1.29, 1.82) is 0 Å². The summed E-state index contributed by atoms with van der Waals surface area (Å²) in [7, 11) is 0. The number of hydrogen-bond acceptors (Lipinski definition) is 3. The molecule has 1 saturated heterocycles. The highest BCUT2D eigenvalue weighted by Crippen LogP contribution is 2.30. The molecule has 0 aliphatic carbocycles. The standard InChI is InChI=1S/C14H27NO3/c1-10(2)12-8-15(7-6-11(12)9-16)13(17)18-14(3,4)5/h10-12,16H,6-9H2,1-5H3/t11-,12-/m0/s1. The van der Waals surface area contributed by atoms with Gasteiger partial charge in [-0.3, -0.25) is 0 Å². The molecule has 0 saturated carbocycles. The van der Waals surface area contributed by atoms with Gasteiger partial charge >= 0.3 is 6.09 Å². The van der Waals surface area contributed by atoms with Crippen LogP contribution in [-0.2, 0) is 4.74 Å². The first-order valence-corrected chi connectivity index (χ1v) is 6.83. The lowest BCUT2D eigenvalue weighted by molar-refractivity contribution is -0.00127. The number of hydrogen-bond donors (Lipinski definition) is 1. The van der Waals surface area contributed by atoms with Gasteiger partial charge in [-0.25, -0.2) is 4.79 Å². The van der Waals surface area contributed by atoms with Crippen molar-refractivity contribution in [2.75, 3.05) is 19.7 Å². The van der Waals surface area contributed by atoms with Gasteiger partial charge in [-0.15, -0.1) is 0 Å². The van der Waals surface area contributed by atoms with E-state index in [2.05, 4.69) is 13.8 Å². The number of rotatable bonds is 2. The lowest BCUT2D eigenvalue weighted by atomic mass is 9.79. The molecular weight excluding hydrogens is 230 g/mol. The summed E-state index contributed by atoms with van der Waals surface area (Å²) in [5.41, 5.74) is -0.446. The molecule has 1 fully saturated rings. The van der Waals surface area contributed by atoms with Gasteiger partial charge < -0.3 is 14.7 Å². The van der Waals surface area contributed by atoms with Gasteiger partial charge in [0.05, 0.1) is 0 Å². The Bertz CT molecular complexity index is 283. The molecule has 1 aliphatic heterocycles. The van der Waals surface area contributed by atoms with E-state index < -0.39 is 5.60 Å². The van der Waals surface area contributed by atoms with Crippen LogP contribution in [0.15, 0.2) is 0 Å². The summed E-state index contributed by atoms with van der Waals surface area (Å²) in [5.74, 6) is 1.13. The number of nitrogens with zero attached hydrogens (tertiary/aromatic N) is 1. The van der Waals surface area contributed by atoms with Crippen molar-refractivity contribution in [1.82, 2.24) is 4.90 Å². The normalized spacial score (nSPS) is 25.4. The summed E-state index contributed by atoms with van der Waals surface area (Å²) in [6.45, 7) is 11.5. The van der Waals surface area contributed by atoms with Crippen LogP contribution in [0.25, 0.3) is 0 Å². The van der Waals surface area contributed by atoms with Gasteiger partial charge in [0.25, 0.3) is 0 Å². The van der Waals surface area contributed by atoms with Crippen molar-refractivity contribution in [3.8, 4) is 0 Å². The van der Waals surface area contributed by atoms with Crippen LogP contribution in [0.5, 0.6) is 0 Å². The van der Waals surface area contributed by atoms with E-state index in [4.69, 9.17) is 4.74 Å². The molecule has 1 rings (SSSR count). The first-order valence-electron chi connectivity index (χ1n) is 6.83. The maximum Gasteiger partial charge on any atom is 0.410 e. The van der Waals surface area contributed by atoms with E-state index in [1.807, 2.05) is 20.8 Å². The van der Waals surface area contributed by atoms with Crippen molar-refractivity contribution in [3.63, 3.8) is 0 Å². The van der Waals surface area contributed by atoms with Crippen LogP contribution in [0.1, 0.15) is 41.0 Å². The molecule has 1 aliphatic rings. The second kappa shape index (κ2) is 5.91. The molecule has 0 unspecified atom stereocenters. The predicted octanol–water partition coefficient (Wildman–Crippen LogP) is 2.51. The Labute approximate surface area is 110 Å². The highest BCUT2D eigenvalue weighted by molar-refractivity contribution is 5.68. The fourth-order valence-corrected chi connectivity index (χ4v) is 2.50. The third kappa shape index (κ3) is 4.16. The van der Waals surface area contributed by atoms with Crippen LogP contribution in [0.4, 0.5) is 4.79 Å². The Balaban J connectivity index is 2.63. The summed E-state index contributed by atoms with van der Waals surface area (Å²) in [5, 5.41) is 9.39. The summed E-state index contributed by atoms with van der Waals surface area (Å²) >= 11 is 0. The number of ether oxygens (including phenoxy) is 1. The van der Waals surface area contributed by atoms with E-state index in [0.29, 0.717) is 30.8 Å². The predicted molar refractivity (Wildman–Crippen MR) is 71.3 cm³/mol. The summed E-state index contributed by atoms with van der Waals surface area (Å²) in [6.07, 6.45) is 0.628. The highest BCUT2D eigenvalue weighted by atomic mass is 16.6. The number of aliphatic hydroxyl groups excluding tert-OH is 1. The Kier molecular flexibility index (Phi) is 5.02. The molecule has 0 bridgehead atoms. The fraction of sp³-hybridized carbons (Fsp3) is 0.929. The van der Waals surface area contributed by atoms with E-state index >= 15 is 0 Å². The Morgan fingerprint density at radius 3 is 2.50 bits per heavy atom. The largest absolute Gasteiger partial charge is 0.444 e. The number of carbonyl (C=O) groups excluding carboxylic acids is 1. The molecule has 18 heavy (non-hydrogen) atoms. The molecular formula is C14H27NO3. The van der Waals surface area contributed by atoms with Gasteiger partial charge in [-0.2, -0.15) is 0 Å². The van der Waals surface area contributed by atoms with Crippen LogP contribution in [0.3, 0.4) is 0 Å². The summed E-state index contributed by atoms with van der Waals surface area (Å²) in [4.78, 5) is 13.8. The van der Waals surface area contributed by atoms with Gasteiger partial charge in [0, 0.05) is 19.7 Å². The van der Waals surface area contributed by atoms with Crippen LogP contribution in [0, 0.1) is 17.8 Å². The smallest absolute Gasteiger partial charge is 0.410 e. The Hall–Kier alpha value is -0.770. The number of piperidine rings is 1. The molecule has 0 aromatic heterocycles. The van der Waals surface area contributed by atoms with Crippen LogP contribution < -0.4 is 0 Å². The minimum absolute atomic E-state index is 0.213. The lowest BCUT2D eigenvalue weighted by Crippen LogP contribution is -2.48. The zero-order chi connectivity index (χ0) is 13.9. The zero-order valence-electron chi connectivity index (χ0n) is 12.3. The number of likely N-dealkylation sites (tertiary alicyclic amines) is 1. The van der Waals surface area contributed by atoms with Crippen LogP contribution in [-0.4, -0.2) is 41.4 Å². The van der Waals surface area contributed by atoms with Gasteiger partial charge in [0.2, 0.25) is 0 Å². The average Bonchev–Trinajstić information content (AvgIpc) is 2.25. The zero-order valence-corrected chi connectivity index (χ0v) is 12.3. The molecule has 2 atom stereocenters. The van der Waals surface area contributed by atoms with Crippen LogP contribution >= 0.6 is 0 Å². The topological polar surface area (TPSA) is 49.8 Å². The molecule has 0 aromatic rings. The van der Waals surface area contributed by atoms with Crippen molar-refractivity contribution in [2.45, 2.75) is 46.6 Å². The van der Waals surface area contributed by atoms with Gasteiger partial charge in [-0.05, 0) is 44.9 Å². The lowest BCUT2D eigenvalue weighted by Gasteiger charge is -2.40. The van der Waals surface area contributed by atoms with Gasteiger partial charge in [-0.1, -0.05) is 13.8 Å². The molecule has 4 nitrogen and oxygen atoms in total. The molecule has 1 amide bonds. The Morgan fingerprint density at radius 2 is 2.06 bits per heavy atom. The Morgan fingerprint density at radius 1 is 1.44 bits per heavy atom. The summed E-state index contributed by atoms with van der Waals surface area (Å²) < 4.78 is 5.40. The minimum Gasteiger partial charge on any atom is -0.444 e. The third-order valence-electron chi connectivity index (χ3n) is 3.55. The van der Waals surface area contributed by atoms with E-state index in [1.54, 1.807) is 4.90 Å². The fourth-order valence-electron chi connectivity index (χ4n) is 2.50. The first-order chi connectivity index (χ1) is 8.24. The minimum atomic E-state index is -0.446. The number of aliphatic hydroxyl groups is 1. The SMILES string of the molecule is CC(C)[C@@H]1CN(C(=O)OC(C)(C)C)CC[C@H]1CO. The highest BCUT2D eigenvalue weighted by Gasteiger charge is 2.34.